The Morgan fingerprint density at radius 1 is 1.17 bits per heavy atom. The van der Waals surface area contributed by atoms with Crippen LogP contribution in [0.15, 0.2) is 36.4 Å². The minimum atomic E-state index is -0.442. The molecule has 0 amide bonds. The van der Waals surface area contributed by atoms with Crippen LogP contribution in [0.2, 0.25) is 0 Å². The summed E-state index contributed by atoms with van der Waals surface area (Å²) in [6.07, 6.45) is 6.09. The van der Waals surface area contributed by atoms with E-state index < -0.39 is 5.97 Å². The molecular formula is C28H36N5O3+. The van der Waals surface area contributed by atoms with Gasteiger partial charge in [0.2, 0.25) is 5.82 Å². The van der Waals surface area contributed by atoms with Crippen molar-refractivity contribution in [2.24, 2.45) is 11.8 Å². The summed E-state index contributed by atoms with van der Waals surface area (Å²) in [7, 11) is 1.40. The van der Waals surface area contributed by atoms with Crippen LogP contribution in [0.1, 0.15) is 55.1 Å². The number of hydrogen-bond acceptors (Lipinski definition) is 7. The number of rotatable bonds is 7. The van der Waals surface area contributed by atoms with Gasteiger partial charge in [-0.05, 0) is 56.7 Å². The van der Waals surface area contributed by atoms with E-state index in [1.165, 1.54) is 13.5 Å². The number of piperidine rings is 1. The van der Waals surface area contributed by atoms with Crippen molar-refractivity contribution in [1.29, 1.82) is 5.41 Å². The summed E-state index contributed by atoms with van der Waals surface area (Å²) in [4.78, 5) is 22.4. The van der Waals surface area contributed by atoms with Crippen LogP contribution in [0.5, 0.6) is 0 Å². The largest absolute Gasteiger partial charge is 0.464 e. The number of methoxy groups -OCH3 is 1. The maximum absolute atomic E-state index is 12.7. The van der Waals surface area contributed by atoms with E-state index in [0.29, 0.717) is 35.3 Å². The SMILES string of the molecule is COC(=O)c1cc(N2CCC3C(CCN3C3OC3C)C2)c(C(=N)C2CCC2)c([NH2+]c2ccccc2)n1. The molecular weight excluding hydrogens is 454 g/mol. The van der Waals surface area contributed by atoms with E-state index in [1.807, 2.05) is 41.7 Å². The maximum Gasteiger partial charge on any atom is 0.356 e. The number of epoxide rings is 1. The number of nitrogens with two attached hydrogens (primary N) is 1. The number of nitrogens with zero attached hydrogens (tertiary/aromatic N) is 3. The van der Waals surface area contributed by atoms with Gasteiger partial charge >= 0.3 is 5.97 Å². The lowest BCUT2D eigenvalue weighted by Gasteiger charge is -2.40. The highest BCUT2D eigenvalue weighted by atomic mass is 16.6. The van der Waals surface area contributed by atoms with Gasteiger partial charge in [0.15, 0.2) is 5.69 Å². The number of pyridine rings is 1. The smallest absolute Gasteiger partial charge is 0.356 e. The fourth-order valence-electron chi connectivity index (χ4n) is 6.28. The number of nitrogens with one attached hydrogen (secondary N) is 1. The average Bonchev–Trinajstić information content (AvgIpc) is 3.43. The molecule has 2 aromatic rings. The Morgan fingerprint density at radius 3 is 2.61 bits per heavy atom. The number of ether oxygens (including phenoxy) is 2. The van der Waals surface area contributed by atoms with E-state index in [1.54, 1.807) is 0 Å². The molecule has 4 atom stereocenters. The molecule has 4 fully saturated rings. The van der Waals surface area contributed by atoms with Gasteiger partial charge in [-0.3, -0.25) is 10.2 Å². The highest BCUT2D eigenvalue weighted by Gasteiger charge is 2.49. The van der Waals surface area contributed by atoms with Crippen molar-refractivity contribution in [3.05, 3.63) is 47.7 Å². The molecule has 0 spiro atoms. The first kappa shape index (κ1) is 23.6. The topological polar surface area (TPSA) is 98.7 Å². The molecule has 1 aliphatic carbocycles. The quantitative estimate of drug-likeness (QED) is 0.268. The van der Waals surface area contributed by atoms with Gasteiger partial charge in [0, 0.05) is 31.6 Å². The summed E-state index contributed by atoms with van der Waals surface area (Å²) in [6, 6.07) is 12.5. The lowest BCUT2D eigenvalue weighted by atomic mass is 9.78. The third-order valence-corrected chi connectivity index (χ3v) is 8.53. The van der Waals surface area contributed by atoms with Crippen LogP contribution in [0, 0.1) is 17.2 Å². The fourth-order valence-corrected chi connectivity index (χ4v) is 6.28. The Hall–Kier alpha value is -2.81. The zero-order valence-corrected chi connectivity index (χ0v) is 21.2. The summed E-state index contributed by atoms with van der Waals surface area (Å²) in [5.41, 5.74) is 3.79. The Morgan fingerprint density at radius 2 is 1.94 bits per heavy atom. The molecule has 3 aliphatic heterocycles. The summed E-state index contributed by atoms with van der Waals surface area (Å²) < 4.78 is 10.9. The van der Waals surface area contributed by atoms with E-state index in [0.717, 1.165) is 62.3 Å². The number of carbonyl (C=O) groups is 1. The third-order valence-electron chi connectivity index (χ3n) is 8.53. The van der Waals surface area contributed by atoms with E-state index in [9.17, 15) is 10.2 Å². The second-order valence-electron chi connectivity index (χ2n) is 10.7. The number of anilines is 1. The number of benzene rings is 1. The zero-order valence-electron chi connectivity index (χ0n) is 21.2. The Kier molecular flexibility index (Phi) is 6.27. The van der Waals surface area contributed by atoms with Crippen LogP contribution in [-0.2, 0) is 9.47 Å². The molecule has 1 aromatic carbocycles. The van der Waals surface area contributed by atoms with Crippen molar-refractivity contribution in [3.63, 3.8) is 0 Å². The first-order valence-corrected chi connectivity index (χ1v) is 13.3. The number of likely N-dealkylation sites (tertiary alicyclic amines) is 1. The molecule has 0 bridgehead atoms. The average molecular weight is 491 g/mol. The second-order valence-corrected chi connectivity index (χ2v) is 10.7. The van der Waals surface area contributed by atoms with Gasteiger partial charge in [0.05, 0.1) is 24.6 Å². The second kappa shape index (κ2) is 9.57. The van der Waals surface area contributed by atoms with Crippen LogP contribution in [0.4, 0.5) is 17.2 Å². The Bertz CT molecular complexity index is 1150. The van der Waals surface area contributed by atoms with Crippen LogP contribution in [0.25, 0.3) is 0 Å². The first-order valence-electron chi connectivity index (χ1n) is 13.3. The normalized spacial score (nSPS) is 27.9. The summed E-state index contributed by atoms with van der Waals surface area (Å²) in [5, 5.41) is 11.2. The predicted molar refractivity (Wildman–Crippen MR) is 137 cm³/mol. The molecule has 36 heavy (non-hydrogen) atoms. The minimum absolute atomic E-state index is 0.255. The number of hydrogen-bond donors (Lipinski definition) is 2. The lowest BCUT2D eigenvalue weighted by Crippen LogP contribution is -2.72. The standard InChI is InChI=1S/C28H35N5O3/c1-17-27(36-17)33-14-11-19-16-32(13-12-22(19)33)23-15-21(28(34)35-2)31-26(30-20-9-4-3-5-10-20)24(23)25(29)18-7-6-8-18/h3-5,9-10,15,17-19,22,27,29H,6-8,11-14,16H2,1-2H3,(H,30,31)/p+1. The lowest BCUT2D eigenvalue weighted by molar-refractivity contribution is -0.483. The Balaban J connectivity index is 1.38. The molecule has 4 heterocycles. The molecule has 4 aliphatic rings. The molecule has 3 N–H and O–H groups in total. The molecule has 4 unspecified atom stereocenters. The zero-order chi connectivity index (χ0) is 24.8. The molecule has 1 aromatic heterocycles. The summed E-state index contributed by atoms with van der Waals surface area (Å²) in [5.74, 6) is 1.05. The molecule has 190 valence electrons. The highest BCUT2D eigenvalue weighted by molar-refractivity contribution is 6.08. The van der Waals surface area contributed by atoms with Gasteiger partial charge in [-0.15, -0.1) is 0 Å². The van der Waals surface area contributed by atoms with Crippen LogP contribution < -0.4 is 10.2 Å². The maximum atomic E-state index is 12.7. The van der Waals surface area contributed by atoms with Crippen LogP contribution in [0.3, 0.4) is 0 Å². The predicted octanol–water partition coefficient (Wildman–Crippen LogP) is 3.21. The van der Waals surface area contributed by atoms with Gasteiger partial charge in [-0.1, -0.05) is 24.6 Å². The van der Waals surface area contributed by atoms with Crippen molar-refractivity contribution in [1.82, 2.24) is 9.88 Å². The van der Waals surface area contributed by atoms with E-state index in [-0.39, 0.29) is 12.1 Å². The number of para-hydroxylation sites is 1. The Labute approximate surface area is 212 Å². The number of aromatic nitrogens is 1. The molecule has 8 nitrogen and oxygen atoms in total. The molecule has 8 heteroatoms. The van der Waals surface area contributed by atoms with Crippen LogP contribution >= 0.6 is 0 Å². The number of fused-ring (bicyclic) bond motifs is 1. The van der Waals surface area contributed by atoms with Gasteiger partial charge in [0.25, 0.3) is 0 Å². The summed E-state index contributed by atoms with van der Waals surface area (Å²) >= 11 is 0. The number of quaternary nitrogens is 1. The molecule has 6 rings (SSSR count). The molecule has 0 radical (unpaired) electrons. The van der Waals surface area contributed by atoms with E-state index >= 15 is 0 Å². The van der Waals surface area contributed by atoms with Crippen LogP contribution in [-0.4, -0.2) is 66.7 Å². The van der Waals surface area contributed by atoms with Crippen molar-refractivity contribution in [3.8, 4) is 0 Å². The monoisotopic (exact) mass is 490 g/mol. The van der Waals surface area contributed by atoms with Gasteiger partial charge in [-0.25, -0.2) is 4.79 Å². The van der Waals surface area contributed by atoms with E-state index in [4.69, 9.17) is 14.5 Å². The van der Waals surface area contributed by atoms with Crippen molar-refractivity contribution < 1.29 is 19.6 Å². The van der Waals surface area contributed by atoms with Crippen molar-refractivity contribution in [2.45, 2.75) is 57.4 Å². The molecule has 1 saturated carbocycles. The highest BCUT2D eigenvalue weighted by Crippen LogP contribution is 2.42. The van der Waals surface area contributed by atoms with Crippen molar-refractivity contribution >= 4 is 28.9 Å². The minimum Gasteiger partial charge on any atom is -0.464 e. The molecule has 3 saturated heterocycles. The fraction of sp³-hybridized carbons (Fsp3) is 0.536. The first-order chi connectivity index (χ1) is 17.5. The van der Waals surface area contributed by atoms with Crippen molar-refractivity contribution in [2.75, 3.05) is 31.6 Å². The number of esters is 1. The summed E-state index contributed by atoms with van der Waals surface area (Å²) in [6.45, 7) is 5.04. The van der Waals surface area contributed by atoms with Gasteiger partial charge < -0.3 is 19.8 Å². The van der Waals surface area contributed by atoms with Gasteiger partial charge in [-0.2, -0.15) is 4.98 Å². The number of carbonyl (C=O) groups excluding carboxylic acids is 1. The third kappa shape index (κ3) is 4.31. The van der Waals surface area contributed by atoms with E-state index in [2.05, 4.69) is 16.7 Å². The van der Waals surface area contributed by atoms with Gasteiger partial charge in [0.1, 0.15) is 17.5 Å².